The van der Waals surface area contributed by atoms with E-state index in [1.165, 1.54) is 7.11 Å². The van der Waals surface area contributed by atoms with Gasteiger partial charge in [-0.3, -0.25) is 14.6 Å². The Bertz CT molecular complexity index is 722. The molecule has 0 unspecified atom stereocenters. The molecule has 0 radical (unpaired) electrons. The van der Waals surface area contributed by atoms with Crippen molar-refractivity contribution in [3.8, 4) is 0 Å². The number of nitrogens with zero attached hydrogens (tertiary/aromatic N) is 2. The third kappa shape index (κ3) is 8.00. The molecule has 1 aliphatic heterocycles. The van der Waals surface area contributed by atoms with Crippen molar-refractivity contribution in [2.75, 3.05) is 38.6 Å². The monoisotopic (exact) mass is 536 g/mol. The van der Waals surface area contributed by atoms with Crippen LogP contribution in [0.4, 0.5) is 5.69 Å². The Labute approximate surface area is 194 Å². The molecule has 1 amide bonds. The normalized spacial score (nSPS) is 14.8. The topological polar surface area (TPSA) is 83.0 Å². The number of nitrogens with one attached hydrogen (secondary N) is 2. The number of amides is 1. The summed E-state index contributed by atoms with van der Waals surface area (Å²) in [6, 6.07) is 5.52. The van der Waals surface area contributed by atoms with Crippen molar-refractivity contribution < 1.29 is 14.3 Å². The molecule has 0 bridgehead atoms. The predicted octanol–water partition coefficient (Wildman–Crippen LogP) is 3.45. The second-order valence-electron chi connectivity index (χ2n) is 6.80. The molecule has 1 heterocycles. The molecule has 0 atom stereocenters. The van der Waals surface area contributed by atoms with Crippen LogP contribution in [0.25, 0.3) is 0 Å². The van der Waals surface area contributed by atoms with Crippen LogP contribution in [0, 0.1) is 12.8 Å². The van der Waals surface area contributed by atoms with Crippen molar-refractivity contribution in [1.29, 1.82) is 0 Å². The largest absolute Gasteiger partial charge is 0.469 e. The number of methoxy groups -OCH3 is 1. The number of esters is 1. The lowest BCUT2D eigenvalue weighted by Gasteiger charge is -2.33. The highest BCUT2D eigenvalue weighted by molar-refractivity contribution is 14.0. The van der Waals surface area contributed by atoms with Crippen LogP contribution in [-0.2, 0) is 14.3 Å². The lowest BCUT2D eigenvalue weighted by atomic mass is 9.97. The fourth-order valence-electron chi connectivity index (χ4n) is 3.12. The molecular formula is C20H30ClIN4O3. The van der Waals surface area contributed by atoms with Gasteiger partial charge in [0.15, 0.2) is 5.96 Å². The number of aliphatic imine (C=N–C) groups is 1. The molecule has 2 N–H and O–H groups in total. The Balaban J connectivity index is 0.00000420. The first-order valence-electron chi connectivity index (χ1n) is 9.61. The van der Waals surface area contributed by atoms with Crippen LogP contribution < -0.4 is 10.6 Å². The Morgan fingerprint density at radius 2 is 2.00 bits per heavy atom. The highest BCUT2D eigenvalue weighted by Crippen LogP contribution is 2.23. The van der Waals surface area contributed by atoms with Crippen LogP contribution in [0.3, 0.4) is 0 Å². The molecule has 1 aromatic rings. The molecule has 1 fully saturated rings. The predicted molar refractivity (Wildman–Crippen MR) is 127 cm³/mol. The zero-order valence-electron chi connectivity index (χ0n) is 17.2. The van der Waals surface area contributed by atoms with E-state index in [9.17, 15) is 9.59 Å². The molecule has 29 heavy (non-hydrogen) atoms. The summed E-state index contributed by atoms with van der Waals surface area (Å²) in [7, 11) is 1.43. The number of piperidine rings is 1. The minimum atomic E-state index is -0.145. The van der Waals surface area contributed by atoms with E-state index >= 15 is 0 Å². The third-order valence-electron chi connectivity index (χ3n) is 4.66. The van der Waals surface area contributed by atoms with E-state index in [1.54, 1.807) is 6.07 Å². The number of carbonyl (C=O) groups excluding carboxylic acids is 2. The second kappa shape index (κ2) is 12.9. The summed E-state index contributed by atoms with van der Waals surface area (Å²) in [6.45, 7) is 6.52. The maximum atomic E-state index is 12.2. The zero-order valence-corrected chi connectivity index (χ0v) is 20.3. The number of anilines is 1. The molecule has 0 aliphatic carbocycles. The Morgan fingerprint density at radius 3 is 2.59 bits per heavy atom. The van der Waals surface area contributed by atoms with Gasteiger partial charge in [-0.15, -0.1) is 24.0 Å². The number of halogens is 2. The maximum Gasteiger partial charge on any atom is 0.308 e. The Morgan fingerprint density at radius 1 is 1.31 bits per heavy atom. The van der Waals surface area contributed by atoms with Crippen LogP contribution >= 0.6 is 35.6 Å². The van der Waals surface area contributed by atoms with Crippen LogP contribution in [0.2, 0.25) is 5.02 Å². The molecule has 0 aromatic heterocycles. The summed E-state index contributed by atoms with van der Waals surface area (Å²) < 4.78 is 4.83. The molecule has 0 spiro atoms. The fourth-order valence-corrected chi connectivity index (χ4v) is 3.40. The lowest BCUT2D eigenvalue weighted by molar-refractivity contribution is -0.146. The number of hydrogen-bond donors (Lipinski definition) is 2. The highest BCUT2D eigenvalue weighted by Gasteiger charge is 2.26. The quantitative estimate of drug-likeness (QED) is 0.252. The van der Waals surface area contributed by atoms with E-state index in [2.05, 4.69) is 20.5 Å². The van der Waals surface area contributed by atoms with Crippen LogP contribution in [0.1, 0.15) is 31.7 Å². The van der Waals surface area contributed by atoms with E-state index in [-0.39, 0.29) is 48.2 Å². The molecule has 1 aromatic carbocycles. The van der Waals surface area contributed by atoms with Gasteiger partial charge in [0.1, 0.15) is 0 Å². The minimum Gasteiger partial charge on any atom is -0.469 e. The van der Waals surface area contributed by atoms with Gasteiger partial charge < -0.3 is 20.3 Å². The maximum absolute atomic E-state index is 12.2. The number of carbonyl (C=O) groups is 2. The molecular weight excluding hydrogens is 507 g/mol. The molecule has 1 aliphatic rings. The van der Waals surface area contributed by atoms with Crippen LogP contribution in [0.15, 0.2) is 23.2 Å². The zero-order chi connectivity index (χ0) is 20.5. The molecule has 162 valence electrons. The fraction of sp³-hybridized carbons (Fsp3) is 0.550. The summed E-state index contributed by atoms with van der Waals surface area (Å²) in [4.78, 5) is 30.5. The van der Waals surface area contributed by atoms with Crippen molar-refractivity contribution >= 4 is 59.1 Å². The van der Waals surface area contributed by atoms with Crippen LogP contribution in [0.5, 0.6) is 0 Å². The van der Waals surface area contributed by atoms with E-state index in [0.717, 1.165) is 44.0 Å². The molecule has 9 heteroatoms. The van der Waals surface area contributed by atoms with Gasteiger partial charge in [-0.1, -0.05) is 17.7 Å². The van der Waals surface area contributed by atoms with E-state index in [4.69, 9.17) is 16.3 Å². The summed E-state index contributed by atoms with van der Waals surface area (Å²) in [6.07, 6.45) is 1.74. The third-order valence-corrected chi connectivity index (χ3v) is 4.98. The highest BCUT2D eigenvalue weighted by atomic mass is 127. The number of hydrogen-bond acceptors (Lipinski definition) is 4. The van der Waals surface area contributed by atoms with Crippen molar-refractivity contribution in [2.45, 2.75) is 33.1 Å². The average molecular weight is 537 g/mol. The lowest BCUT2D eigenvalue weighted by Crippen LogP contribution is -2.46. The van der Waals surface area contributed by atoms with Gasteiger partial charge in [-0.05, 0) is 44.4 Å². The molecule has 1 saturated heterocycles. The summed E-state index contributed by atoms with van der Waals surface area (Å²) >= 11 is 6.15. The molecule has 2 rings (SSSR count). The average Bonchev–Trinajstić information content (AvgIpc) is 2.69. The summed E-state index contributed by atoms with van der Waals surface area (Å²) in [5.41, 5.74) is 1.65. The van der Waals surface area contributed by atoms with Crippen molar-refractivity contribution in [3.63, 3.8) is 0 Å². The van der Waals surface area contributed by atoms with E-state index in [1.807, 2.05) is 26.0 Å². The van der Waals surface area contributed by atoms with Gasteiger partial charge in [0.25, 0.3) is 0 Å². The smallest absolute Gasteiger partial charge is 0.308 e. The van der Waals surface area contributed by atoms with Gasteiger partial charge in [-0.2, -0.15) is 0 Å². The SMILES string of the molecule is CCNC(=NCCC(=O)Nc1ccc(C)cc1Cl)N1CCC(C(=O)OC)CC1.I. The first kappa shape index (κ1) is 25.5. The number of benzene rings is 1. The van der Waals surface area contributed by atoms with Gasteiger partial charge in [0.05, 0.1) is 30.3 Å². The first-order chi connectivity index (χ1) is 13.4. The molecule has 0 saturated carbocycles. The number of guanidine groups is 1. The Hall–Kier alpha value is -1.55. The number of likely N-dealkylation sites (tertiary alicyclic amines) is 1. The van der Waals surface area contributed by atoms with Gasteiger partial charge in [0, 0.05) is 26.1 Å². The van der Waals surface area contributed by atoms with E-state index < -0.39 is 0 Å². The van der Waals surface area contributed by atoms with Crippen molar-refractivity contribution in [2.24, 2.45) is 10.9 Å². The summed E-state index contributed by atoms with van der Waals surface area (Å²) in [5.74, 6) is 0.448. The number of rotatable bonds is 6. The van der Waals surface area contributed by atoms with Gasteiger partial charge >= 0.3 is 5.97 Å². The standard InChI is InChI=1S/C20H29ClN4O3.HI/c1-4-22-20(25-11-8-15(9-12-25)19(27)28-3)23-10-7-18(26)24-17-6-5-14(2)13-16(17)21;/h5-6,13,15H,4,7-12H2,1-3H3,(H,22,23)(H,24,26);1H. The number of ether oxygens (including phenoxy) is 1. The Kier molecular flexibility index (Phi) is 11.3. The van der Waals surface area contributed by atoms with Gasteiger partial charge in [-0.25, -0.2) is 0 Å². The summed E-state index contributed by atoms with van der Waals surface area (Å²) in [5, 5.41) is 6.60. The van der Waals surface area contributed by atoms with Crippen molar-refractivity contribution in [3.05, 3.63) is 28.8 Å². The van der Waals surface area contributed by atoms with Crippen LogP contribution in [-0.4, -0.2) is 56.0 Å². The number of aryl methyl sites for hydroxylation is 1. The van der Waals surface area contributed by atoms with Crippen molar-refractivity contribution in [1.82, 2.24) is 10.2 Å². The first-order valence-corrected chi connectivity index (χ1v) is 9.99. The molecule has 7 nitrogen and oxygen atoms in total. The van der Waals surface area contributed by atoms with Gasteiger partial charge in [0.2, 0.25) is 5.91 Å². The minimum absolute atomic E-state index is 0. The second-order valence-corrected chi connectivity index (χ2v) is 7.21. The van der Waals surface area contributed by atoms with E-state index in [0.29, 0.717) is 17.3 Å².